The molecule has 7 nitrogen and oxygen atoms in total. The Morgan fingerprint density at radius 1 is 0.921 bits per heavy atom. The van der Waals surface area contributed by atoms with E-state index >= 15 is 0 Å². The van der Waals surface area contributed by atoms with Crippen molar-refractivity contribution in [3.63, 3.8) is 0 Å². The van der Waals surface area contributed by atoms with E-state index < -0.39 is 21.8 Å². The zero-order chi connectivity index (χ0) is 27.1. The molecule has 0 heterocycles. The molecule has 8 heteroatoms. The predicted molar refractivity (Wildman–Crippen MR) is 147 cm³/mol. The number of carbonyl (C=O) groups excluding carboxylic acids is 2. The van der Waals surface area contributed by atoms with Crippen LogP contribution < -0.4 is 10.0 Å². The topological polar surface area (TPSA) is 116 Å². The summed E-state index contributed by atoms with van der Waals surface area (Å²) >= 11 is 0. The van der Waals surface area contributed by atoms with Crippen LogP contribution in [0.4, 0.5) is 5.69 Å². The van der Waals surface area contributed by atoms with Crippen molar-refractivity contribution in [1.29, 1.82) is 5.26 Å². The summed E-state index contributed by atoms with van der Waals surface area (Å²) in [6.07, 6.45) is 0.735. The van der Waals surface area contributed by atoms with Gasteiger partial charge in [-0.05, 0) is 65.9 Å². The first-order chi connectivity index (χ1) is 18.3. The van der Waals surface area contributed by atoms with Gasteiger partial charge >= 0.3 is 0 Å². The van der Waals surface area contributed by atoms with Crippen molar-refractivity contribution in [3.05, 3.63) is 108 Å². The number of hydrogen-bond acceptors (Lipinski definition) is 5. The Balaban J connectivity index is 1.44. The van der Waals surface area contributed by atoms with Crippen molar-refractivity contribution in [1.82, 2.24) is 4.72 Å². The number of aryl methyl sites for hydroxylation is 1. The van der Waals surface area contributed by atoms with E-state index in [4.69, 9.17) is 0 Å². The van der Waals surface area contributed by atoms with Crippen LogP contribution in [0.1, 0.15) is 42.4 Å². The van der Waals surface area contributed by atoms with Gasteiger partial charge in [-0.25, -0.2) is 13.1 Å². The van der Waals surface area contributed by atoms with Crippen molar-refractivity contribution in [3.8, 4) is 6.07 Å². The SMILES string of the molecule is CC(C(=O)Nc1cc(C#N)ccc1CCCC(=O)NS(=O)(=O)c1ccccc1)c1cccc2ccccc12. The lowest BCUT2D eigenvalue weighted by Crippen LogP contribution is -2.30. The van der Waals surface area contributed by atoms with Crippen molar-refractivity contribution in [2.45, 2.75) is 37.0 Å². The standard InChI is InChI=1S/C30H27N3O4S/c1-21(26-15-7-10-23-9-5-6-14-27(23)26)30(35)32-28-19-22(20-31)17-18-24(28)11-8-16-29(34)33-38(36,37)25-12-3-2-4-13-25/h2-7,9-10,12-15,17-19,21H,8,11,16H2,1H3,(H,32,35)(H,33,34). The van der Waals surface area contributed by atoms with Gasteiger partial charge in [0.2, 0.25) is 11.8 Å². The van der Waals surface area contributed by atoms with Gasteiger partial charge in [0.1, 0.15) is 0 Å². The molecule has 4 aromatic carbocycles. The van der Waals surface area contributed by atoms with E-state index in [0.717, 1.165) is 21.9 Å². The van der Waals surface area contributed by atoms with Crippen LogP contribution in [0.25, 0.3) is 10.8 Å². The van der Waals surface area contributed by atoms with Gasteiger partial charge < -0.3 is 5.32 Å². The molecule has 1 atom stereocenters. The highest BCUT2D eigenvalue weighted by atomic mass is 32.2. The summed E-state index contributed by atoms with van der Waals surface area (Å²) < 4.78 is 26.8. The molecule has 0 spiro atoms. The van der Waals surface area contributed by atoms with E-state index in [1.807, 2.05) is 49.4 Å². The largest absolute Gasteiger partial charge is 0.325 e. The zero-order valence-electron chi connectivity index (χ0n) is 20.8. The molecule has 4 rings (SSSR count). The highest BCUT2D eigenvalue weighted by Gasteiger charge is 2.20. The molecule has 1 unspecified atom stereocenters. The van der Waals surface area contributed by atoms with Gasteiger partial charge in [0, 0.05) is 12.1 Å². The fourth-order valence-electron chi connectivity index (χ4n) is 4.29. The lowest BCUT2D eigenvalue weighted by Gasteiger charge is -2.17. The molecule has 0 aromatic heterocycles. The summed E-state index contributed by atoms with van der Waals surface area (Å²) in [6, 6.07) is 28.5. The van der Waals surface area contributed by atoms with Gasteiger partial charge in [0.25, 0.3) is 10.0 Å². The second-order valence-electron chi connectivity index (χ2n) is 8.96. The highest BCUT2D eigenvalue weighted by molar-refractivity contribution is 7.90. The third kappa shape index (κ3) is 6.25. The minimum Gasteiger partial charge on any atom is -0.325 e. The quantitative estimate of drug-likeness (QED) is 0.308. The van der Waals surface area contributed by atoms with Crippen molar-refractivity contribution in [2.75, 3.05) is 5.32 Å². The molecule has 0 saturated carbocycles. The number of carbonyl (C=O) groups is 2. The van der Waals surface area contributed by atoms with Crippen LogP contribution in [0.2, 0.25) is 0 Å². The average molecular weight is 526 g/mol. The number of fused-ring (bicyclic) bond motifs is 1. The van der Waals surface area contributed by atoms with E-state index in [1.165, 1.54) is 12.1 Å². The minimum absolute atomic E-state index is 0.0192. The molecule has 0 aliphatic rings. The molecule has 192 valence electrons. The second kappa shape index (κ2) is 11.7. The Hall–Kier alpha value is -4.48. The normalized spacial score (nSPS) is 11.9. The number of amides is 2. The summed E-state index contributed by atoms with van der Waals surface area (Å²) in [6.45, 7) is 1.84. The third-order valence-corrected chi connectivity index (χ3v) is 7.72. The van der Waals surface area contributed by atoms with Crippen molar-refractivity contribution in [2.24, 2.45) is 0 Å². The molecule has 0 fully saturated rings. The summed E-state index contributed by atoms with van der Waals surface area (Å²) in [5.74, 6) is -1.28. The van der Waals surface area contributed by atoms with E-state index in [0.29, 0.717) is 24.1 Å². The summed E-state index contributed by atoms with van der Waals surface area (Å²) in [4.78, 5) is 25.6. The Kier molecular flexibility index (Phi) is 8.19. The van der Waals surface area contributed by atoms with Gasteiger partial charge in [0.15, 0.2) is 0 Å². The van der Waals surface area contributed by atoms with Crippen molar-refractivity contribution < 1.29 is 18.0 Å². The first-order valence-corrected chi connectivity index (χ1v) is 13.7. The molecule has 38 heavy (non-hydrogen) atoms. The van der Waals surface area contributed by atoms with Crippen molar-refractivity contribution >= 4 is 38.3 Å². The summed E-state index contributed by atoms with van der Waals surface area (Å²) in [5.41, 5.74) is 2.54. The van der Waals surface area contributed by atoms with Gasteiger partial charge in [-0.15, -0.1) is 0 Å². The van der Waals surface area contributed by atoms with Crippen LogP contribution in [0, 0.1) is 11.3 Å². The smallest absolute Gasteiger partial charge is 0.264 e. The van der Waals surface area contributed by atoms with Crippen LogP contribution >= 0.6 is 0 Å². The van der Waals surface area contributed by atoms with Gasteiger partial charge in [-0.1, -0.05) is 66.7 Å². The van der Waals surface area contributed by atoms with Crippen LogP contribution in [0.5, 0.6) is 0 Å². The number of nitrogens with one attached hydrogen (secondary N) is 2. The fraction of sp³-hybridized carbons (Fsp3) is 0.167. The average Bonchev–Trinajstić information content (AvgIpc) is 2.93. The number of sulfonamides is 1. The Bertz CT molecular complexity index is 1620. The number of benzene rings is 4. The highest BCUT2D eigenvalue weighted by Crippen LogP contribution is 2.28. The van der Waals surface area contributed by atoms with Crippen LogP contribution in [0.15, 0.2) is 95.9 Å². The summed E-state index contributed by atoms with van der Waals surface area (Å²) in [7, 11) is -3.93. The van der Waals surface area contributed by atoms with E-state index in [1.54, 1.807) is 36.4 Å². The molecule has 0 radical (unpaired) electrons. The second-order valence-corrected chi connectivity index (χ2v) is 10.6. The Labute approximate surface area is 222 Å². The Morgan fingerprint density at radius 2 is 1.63 bits per heavy atom. The predicted octanol–water partition coefficient (Wildman–Crippen LogP) is 5.28. The monoisotopic (exact) mass is 525 g/mol. The van der Waals surface area contributed by atoms with Crippen LogP contribution in [-0.2, 0) is 26.0 Å². The molecule has 4 aromatic rings. The number of hydrogen-bond donors (Lipinski definition) is 2. The first-order valence-electron chi connectivity index (χ1n) is 12.2. The van der Waals surface area contributed by atoms with E-state index in [2.05, 4.69) is 16.1 Å². The lowest BCUT2D eigenvalue weighted by atomic mass is 9.94. The molecule has 0 saturated heterocycles. The maximum Gasteiger partial charge on any atom is 0.264 e. The molecular formula is C30H27N3O4S. The molecule has 0 bridgehead atoms. The number of nitriles is 1. The number of anilines is 1. The van der Waals surface area contributed by atoms with Crippen LogP contribution in [0.3, 0.4) is 0 Å². The summed E-state index contributed by atoms with van der Waals surface area (Å²) in [5, 5.41) is 14.4. The fourth-order valence-corrected chi connectivity index (χ4v) is 5.32. The lowest BCUT2D eigenvalue weighted by molar-refractivity contribution is -0.119. The van der Waals surface area contributed by atoms with E-state index in [-0.39, 0.29) is 17.2 Å². The molecule has 0 aliphatic heterocycles. The van der Waals surface area contributed by atoms with Gasteiger partial charge in [-0.3, -0.25) is 9.59 Å². The molecule has 2 amide bonds. The number of nitrogens with zero attached hydrogens (tertiary/aromatic N) is 1. The van der Waals surface area contributed by atoms with Gasteiger partial charge in [0.05, 0.1) is 22.4 Å². The minimum atomic E-state index is -3.93. The first kappa shape index (κ1) is 26.6. The van der Waals surface area contributed by atoms with Crippen LogP contribution in [-0.4, -0.2) is 20.2 Å². The van der Waals surface area contributed by atoms with E-state index in [9.17, 15) is 23.3 Å². The Morgan fingerprint density at radius 3 is 2.39 bits per heavy atom. The molecule has 2 N–H and O–H groups in total. The maximum absolute atomic E-state index is 13.3. The molecule has 0 aliphatic carbocycles. The maximum atomic E-state index is 13.3. The van der Waals surface area contributed by atoms with Gasteiger partial charge in [-0.2, -0.15) is 5.26 Å². The third-order valence-electron chi connectivity index (χ3n) is 6.33. The molecular weight excluding hydrogens is 498 g/mol. The zero-order valence-corrected chi connectivity index (χ0v) is 21.7. The number of rotatable bonds is 9.